The van der Waals surface area contributed by atoms with Crippen molar-refractivity contribution in [2.75, 3.05) is 18.4 Å². The fourth-order valence-corrected chi connectivity index (χ4v) is 2.93. The maximum absolute atomic E-state index is 13.6. The highest BCUT2D eigenvalue weighted by Gasteiger charge is 2.22. The van der Waals surface area contributed by atoms with Crippen molar-refractivity contribution in [2.24, 2.45) is 5.92 Å². The van der Waals surface area contributed by atoms with E-state index in [1.807, 2.05) is 12.1 Å². The van der Waals surface area contributed by atoms with Gasteiger partial charge in [0, 0.05) is 28.5 Å². The van der Waals surface area contributed by atoms with Gasteiger partial charge in [-0.1, -0.05) is 37.9 Å². The van der Waals surface area contributed by atoms with Crippen molar-refractivity contribution in [3.05, 3.63) is 34.1 Å². The smallest absolute Gasteiger partial charge is 0.128 e. The Morgan fingerprint density at radius 2 is 2.25 bits per heavy atom. The summed E-state index contributed by atoms with van der Waals surface area (Å²) >= 11 is 6.78. The van der Waals surface area contributed by atoms with Crippen LogP contribution in [0.2, 0.25) is 0 Å². The van der Waals surface area contributed by atoms with Gasteiger partial charge in [-0.25, -0.2) is 4.39 Å². The zero-order chi connectivity index (χ0) is 11.5. The van der Waals surface area contributed by atoms with E-state index in [2.05, 4.69) is 36.8 Å². The minimum absolute atomic E-state index is 0.114. The maximum atomic E-state index is 13.6. The van der Waals surface area contributed by atoms with E-state index in [1.165, 1.54) is 12.5 Å². The second-order valence-corrected chi connectivity index (χ2v) is 5.84. The largest absolute Gasteiger partial charge is 0.299 e. The van der Waals surface area contributed by atoms with Crippen molar-refractivity contribution in [2.45, 2.75) is 13.0 Å². The van der Waals surface area contributed by atoms with E-state index >= 15 is 0 Å². The molecule has 1 aromatic carbocycles. The van der Waals surface area contributed by atoms with E-state index in [1.54, 1.807) is 0 Å². The quantitative estimate of drug-likeness (QED) is 0.749. The molecule has 1 atom stereocenters. The Hall–Kier alpha value is 0.0700. The van der Waals surface area contributed by atoms with Crippen LogP contribution in [0.4, 0.5) is 4.39 Å². The van der Waals surface area contributed by atoms with Crippen molar-refractivity contribution in [1.29, 1.82) is 0 Å². The van der Waals surface area contributed by atoms with E-state index in [0.717, 1.165) is 40.9 Å². The molecule has 1 aromatic rings. The third-order valence-electron chi connectivity index (χ3n) is 3.00. The zero-order valence-electron chi connectivity index (χ0n) is 8.93. The molecule has 0 amide bonds. The summed E-state index contributed by atoms with van der Waals surface area (Å²) < 4.78 is 14.4. The molecule has 1 nitrogen and oxygen atoms in total. The molecule has 2 rings (SSSR count). The topological polar surface area (TPSA) is 3.24 Å². The normalized spacial score (nSPS) is 21.6. The number of likely N-dealkylation sites (tertiary alicyclic amines) is 1. The number of rotatable bonds is 3. The Kier molecular flexibility index (Phi) is 4.39. The highest BCUT2D eigenvalue weighted by Crippen LogP contribution is 2.22. The third-order valence-corrected chi connectivity index (χ3v) is 4.41. The summed E-state index contributed by atoms with van der Waals surface area (Å²) in [7, 11) is 0. The van der Waals surface area contributed by atoms with Crippen molar-refractivity contribution < 1.29 is 4.39 Å². The highest BCUT2D eigenvalue weighted by molar-refractivity contribution is 9.10. The second-order valence-electron chi connectivity index (χ2n) is 4.28. The first-order valence-corrected chi connectivity index (χ1v) is 7.32. The lowest BCUT2D eigenvalue weighted by molar-refractivity contribution is 0.316. The summed E-state index contributed by atoms with van der Waals surface area (Å²) in [4.78, 5) is 2.32. The summed E-state index contributed by atoms with van der Waals surface area (Å²) in [6.45, 7) is 2.87. The molecular weight excluding hydrogens is 337 g/mol. The summed E-state index contributed by atoms with van der Waals surface area (Å²) in [5, 5.41) is 1.05. The molecule has 0 bridgehead atoms. The molecule has 0 N–H and O–H groups in total. The molecule has 88 valence electrons. The predicted octanol–water partition coefficient (Wildman–Crippen LogP) is 3.81. The van der Waals surface area contributed by atoms with Crippen LogP contribution in [0.5, 0.6) is 0 Å². The van der Waals surface area contributed by atoms with Crippen LogP contribution in [0.1, 0.15) is 12.0 Å². The van der Waals surface area contributed by atoms with Crippen molar-refractivity contribution in [3.63, 3.8) is 0 Å². The molecule has 0 aliphatic carbocycles. The van der Waals surface area contributed by atoms with Crippen LogP contribution < -0.4 is 0 Å². The van der Waals surface area contributed by atoms with Gasteiger partial charge in [0.25, 0.3) is 0 Å². The van der Waals surface area contributed by atoms with E-state index in [9.17, 15) is 4.39 Å². The van der Waals surface area contributed by atoms with Crippen LogP contribution in [0.15, 0.2) is 22.7 Å². The average Bonchev–Trinajstić information content (AvgIpc) is 2.70. The van der Waals surface area contributed by atoms with Gasteiger partial charge in [-0.3, -0.25) is 4.90 Å². The molecule has 1 fully saturated rings. The Balaban J connectivity index is 1.99. The first-order chi connectivity index (χ1) is 7.69. The Morgan fingerprint density at radius 3 is 2.88 bits per heavy atom. The van der Waals surface area contributed by atoms with Gasteiger partial charge >= 0.3 is 0 Å². The van der Waals surface area contributed by atoms with Crippen LogP contribution in [0, 0.1) is 11.7 Å². The van der Waals surface area contributed by atoms with E-state index in [0.29, 0.717) is 0 Å². The molecule has 0 spiro atoms. The van der Waals surface area contributed by atoms with Gasteiger partial charge in [0.05, 0.1) is 0 Å². The molecule has 0 saturated carbocycles. The fraction of sp³-hybridized carbons (Fsp3) is 0.500. The molecule has 1 saturated heterocycles. The summed E-state index contributed by atoms with van der Waals surface area (Å²) in [6, 6.07) is 5.30. The fourth-order valence-electron chi connectivity index (χ4n) is 2.07. The molecule has 0 aromatic heterocycles. The van der Waals surface area contributed by atoms with Gasteiger partial charge in [-0.2, -0.15) is 0 Å². The van der Waals surface area contributed by atoms with E-state index in [4.69, 9.17) is 0 Å². The summed E-state index contributed by atoms with van der Waals surface area (Å²) in [6.07, 6.45) is 1.21. The second kappa shape index (κ2) is 5.61. The van der Waals surface area contributed by atoms with Gasteiger partial charge in [0.15, 0.2) is 0 Å². The molecule has 1 aliphatic heterocycles. The first kappa shape index (κ1) is 12.5. The van der Waals surface area contributed by atoms with Gasteiger partial charge in [0.1, 0.15) is 5.82 Å². The molecule has 1 aliphatic rings. The van der Waals surface area contributed by atoms with Crippen LogP contribution in [0.25, 0.3) is 0 Å². The minimum atomic E-state index is -0.114. The number of nitrogens with zero attached hydrogens (tertiary/aromatic N) is 1. The number of hydrogen-bond acceptors (Lipinski definition) is 1. The van der Waals surface area contributed by atoms with Crippen LogP contribution >= 0.6 is 31.9 Å². The minimum Gasteiger partial charge on any atom is -0.299 e. The van der Waals surface area contributed by atoms with Gasteiger partial charge in [-0.15, -0.1) is 0 Å². The standard InChI is InChI=1S/C12H14Br2FN/c13-6-9-3-4-16(7-9)8-10-1-2-11(14)5-12(10)15/h1-2,5,9H,3-4,6-8H2. The van der Waals surface area contributed by atoms with E-state index < -0.39 is 0 Å². The lowest BCUT2D eigenvalue weighted by Crippen LogP contribution is -2.21. The third kappa shape index (κ3) is 3.05. The number of halogens is 3. The Bertz CT molecular complexity index is 370. The molecule has 16 heavy (non-hydrogen) atoms. The monoisotopic (exact) mass is 349 g/mol. The van der Waals surface area contributed by atoms with Crippen molar-refractivity contribution >= 4 is 31.9 Å². The van der Waals surface area contributed by atoms with Crippen LogP contribution in [0.3, 0.4) is 0 Å². The van der Waals surface area contributed by atoms with Crippen molar-refractivity contribution in [3.8, 4) is 0 Å². The SMILES string of the molecule is Fc1cc(Br)ccc1CN1CCC(CBr)C1. The average molecular weight is 351 g/mol. The molecule has 0 radical (unpaired) electrons. The molecular formula is C12H14Br2FN. The zero-order valence-corrected chi connectivity index (χ0v) is 12.1. The number of alkyl halides is 1. The van der Waals surface area contributed by atoms with Gasteiger partial charge in [-0.05, 0) is 31.0 Å². The summed E-state index contributed by atoms with van der Waals surface area (Å²) in [5.74, 6) is 0.607. The van der Waals surface area contributed by atoms with Crippen LogP contribution in [-0.4, -0.2) is 23.3 Å². The molecule has 4 heteroatoms. The number of hydrogen-bond donors (Lipinski definition) is 0. The van der Waals surface area contributed by atoms with Crippen LogP contribution in [-0.2, 0) is 6.54 Å². The highest BCUT2D eigenvalue weighted by atomic mass is 79.9. The Labute approximate surface area is 112 Å². The molecule has 1 unspecified atom stereocenters. The van der Waals surface area contributed by atoms with E-state index in [-0.39, 0.29) is 5.82 Å². The maximum Gasteiger partial charge on any atom is 0.128 e. The van der Waals surface area contributed by atoms with Gasteiger partial charge < -0.3 is 0 Å². The van der Waals surface area contributed by atoms with Gasteiger partial charge in [0.2, 0.25) is 0 Å². The molecule has 1 heterocycles. The predicted molar refractivity (Wildman–Crippen MR) is 71.3 cm³/mol. The lowest BCUT2D eigenvalue weighted by atomic mass is 10.2. The summed E-state index contributed by atoms with van der Waals surface area (Å²) in [5.41, 5.74) is 0.790. The first-order valence-electron chi connectivity index (χ1n) is 5.41. The number of benzene rings is 1. The lowest BCUT2D eigenvalue weighted by Gasteiger charge is -2.16. The van der Waals surface area contributed by atoms with Crippen molar-refractivity contribution in [1.82, 2.24) is 4.90 Å². The Morgan fingerprint density at radius 1 is 1.44 bits per heavy atom.